The van der Waals surface area contributed by atoms with Crippen LogP contribution in [0.15, 0.2) is 47.4 Å². The third-order valence-corrected chi connectivity index (χ3v) is 7.95. The van der Waals surface area contributed by atoms with Crippen LogP contribution in [0.25, 0.3) is 11.3 Å². The molecule has 36 heavy (non-hydrogen) atoms. The lowest BCUT2D eigenvalue weighted by Gasteiger charge is -2.24. The van der Waals surface area contributed by atoms with E-state index in [0.717, 1.165) is 49.2 Å². The molecule has 190 valence electrons. The van der Waals surface area contributed by atoms with E-state index >= 15 is 0 Å². The Morgan fingerprint density at radius 1 is 1.08 bits per heavy atom. The van der Waals surface area contributed by atoms with Gasteiger partial charge in [-0.3, -0.25) is 0 Å². The lowest BCUT2D eigenvalue weighted by Crippen LogP contribution is -2.18. The molecule has 2 heterocycles. The maximum atomic E-state index is 13.2. The molecule has 0 atom stereocenters. The predicted octanol–water partition coefficient (Wildman–Crippen LogP) is 4.63. The fraction of sp³-hybridized carbons (Fsp3) is 0.370. The standard InChI is InChI=1S/C27H31N3O5S/c1-17-7-5-8-21(15-20-11-13-35-14-12-20)24(17)25-18(2)19(3)28-27(29-25)30-36(32,33)23-10-6-9-22(16-23)26(31)34-4/h5-10,16,20H,11-15H2,1-4H3,(H,28,29,30). The van der Waals surface area contributed by atoms with Gasteiger partial charge >= 0.3 is 5.97 Å². The molecule has 3 aromatic rings. The van der Waals surface area contributed by atoms with E-state index in [0.29, 0.717) is 17.3 Å². The van der Waals surface area contributed by atoms with Crippen LogP contribution >= 0.6 is 0 Å². The van der Waals surface area contributed by atoms with Crippen LogP contribution in [0, 0.1) is 26.7 Å². The number of ether oxygens (including phenoxy) is 2. The second-order valence-electron chi connectivity index (χ2n) is 9.10. The van der Waals surface area contributed by atoms with Gasteiger partial charge in [-0.15, -0.1) is 0 Å². The van der Waals surface area contributed by atoms with Gasteiger partial charge in [0.25, 0.3) is 10.0 Å². The highest BCUT2D eigenvalue weighted by Gasteiger charge is 2.23. The van der Waals surface area contributed by atoms with E-state index in [2.05, 4.69) is 26.8 Å². The van der Waals surface area contributed by atoms with Crippen molar-refractivity contribution >= 4 is 21.9 Å². The van der Waals surface area contributed by atoms with E-state index < -0.39 is 16.0 Å². The van der Waals surface area contributed by atoms with Crippen LogP contribution in [-0.4, -0.2) is 44.7 Å². The molecule has 9 heteroatoms. The zero-order valence-electron chi connectivity index (χ0n) is 21.0. The topological polar surface area (TPSA) is 107 Å². The Labute approximate surface area is 212 Å². The lowest BCUT2D eigenvalue weighted by molar-refractivity contribution is 0.0600. The molecule has 0 radical (unpaired) electrons. The summed E-state index contributed by atoms with van der Waals surface area (Å²) in [5, 5.41) is 0. The van der Waals surface area contributed by atoms with Gasteiger partial charge in [-0.05, 0) is 80.8 Å². The van der Waals surface area contributed by atoms with Crippen molar-refractivity contribution in [3.8, 4) is 11.3 Å². The van der Waals surface area contributed by atoms with Gasteiger partial charge in [0, 0.05) is 24.5 Å². The smallest absolute Gasteiger partial charge is 0.337 e. The van der Waals surface area contributed by atoms with Crippen LogP contribution in [0.2, 0.25) is 0 Å². The van der Waals surface area contributed by atoms with E-state index in [4.69, 9.17) is 9.47 Å². The molecule has 8 nitrogen and oxygen atoms in total. The maximum absolute atomic E-state index is 13.2. The van der Waals surface area contributed by atoms with Gasteiger partial charge in [0.15, 0.2) is 0 Å². The van der Waals surface area contributed by atoms with E-state index in [-0.39, 0.29) is 16.4 Å². The van der Waals surface area contributed by atoms with Crippen molar-refractivity contribution < 1.29 is 22.7 Å². The molecule has 1 fully saturated rings. The van der Waals surface area contributed by atoms with Crippen LogP contribution in [-0.2, 0) is 25.9 Å². The Morgan fingerprint density at radius 3 is 2.53 bits per heavy atom. The summed E-state index contributed by atoms with van der Waals surface area (Å²) < 4.78 is 39.0. The molecule has 0 unspecified atom stereocenters. The Balaban J connectivity index is 1.72. The summed E-state index contributed by atoms with van der Waals surface area (Å²) in [6, 6.07) is 11.9. The number of esters is 1. The number of carbonyl (C=O) groups excluding carboxylic acids is 1. The predicted molar refractivity (Wildman–Crippen MR) is 138 cm³/mol. The van der Waals surface area contributed by atoms with Crippen LogP contribution in [0.5, 0.6) is 0 Å². The number of rotatable bonds is 7. The molecule has 1 aromatic heterocycles. The van der Waals surface area contributed by atoms with Crippen molar-refractivity contribution in [2.24, 2.45) is 5.92 Å². The second-order valence-corrected chi connectivity index (χ2v) is 10.8. The minimum absolute atomic E-state index is 0.0168. The summed E-state index contributed by atoms with van der Waals surface area (Å²) in [5.41, 5.74) is 5.70. The molecule has 0 spiro atoms. The Bertz CT molecular complexity index is 1380. The number of benzene rings is 2. The Morgan fingerprint density at radius 2 is 1.81 bits per heavy atom. The van der Waals surface area contributed by atoms with Crippen molar-refractivity contribution in [3.63, 3.8) is 0 Å². The van der Waals surface area contributed by atoms with Gasteiger partial charge < -0.3 is 9.47 Å². The summed E-state index contributed by atoms with van der Waals surface area (Å²) in [6.07, 6.45) is 2.94. The van der Waals surface area contributed by atoms with Crippen molar-refractivity contribution in [1.29, 1.82) is 0 Å². The van der Waals surface area contributed by atoms with Crippen LogP contribution in [0.4, 0.5) is 5.95 Å². The Hall–Kier alpha value is -3.30. The third-order valence-electron chi connectivity index (χ3n) is 6.63. The normalized spacial score (nSPS) is 14.4. The number of anilines is 1. The number of aromatic nitrogens is 2. The van der Waals surface area contributed by atoms with E-state index in [1.54, 1.807) is 0 Å². The Kier molecular flexibility index (Phi) is 7.70. The van der Waals surface area contributed by atoms with Crippen molar-refractivity contribution in [3.05, 3.63) is 70.4 Å². The molecule has 1 aliphatic rings. The monoisotopic (exact) mass is 509 g/mol. The fourth-order valence-corrected chi connectivity index (χ4v) is 5.49. The highest BCUT2D eigenvalue weighted by atomic mass is 32.2. The third kappa shape index (κ3) is 5.57. The molecular formula is C27H31N3O5S. The zero-order valence-corrected chi connectivity index (χ0v) is 21.8. The average Bonchev–Trinajstić information content (AvgIpc) is 2.86. The largest absolute Gasteiger partial charge is 0.465 e. The highest BCUT2D eigenvalue weighted by Crippen LogP contribution is 2.33. The van der Waals surface area contributed by atoms with E-state index in [1.807, 2.05) is 26.8 Å². The molecule has 1 aliphatic heterocycles. The molecule has 4 rings (SSSR count). The first-order valence-electron chi connectivity index (χ1n) is 11.9. The lowest BCUT2D eigenvalue weighted by atomic mass is 9.87. The van der Waals surface area contributed by atoms with E-state index in [1.165, 1.54) is 36.9 Å². The average molecular weight is 510 g/mol. The quantitative estimate of drug-likeness (QED) is 0.463. The number of hydrogen-bond donors (Lipinski definition) is 1. The van der Waals surface area contributed by atoms with Crippen LogP contribution in [0.1, 0.15) is 45.6 Å². The molecule has 0 aliphatic carbocycles. The van der Waals surface area contributed by atoms with Gasteiger partial charge in [0.1, 0.15) is 0 Å². The van der Waals surface area contributed by atoms with Gasteiger partial charge in [0.2, 0.25) is 5.95 Å². The van der Waals surface area contributed by atoms with Gasteiger partial charge in [-0.25, -0.2) is 27.9 Å². The molecule has 2 aromatic carbocycles. The van der Waals surface area contributed by atoms with Crippen molar-refractivity contribution in [2.75, 3.05) is 25.0 Å². The number of nitrogens with zero attached hydrogens (tertiary/aromatic N) is 2. The molecule has 0 amide bonds. The zero-order chi connectivity index (χ0) is 25.9. The number of aryl methyl sites for hydroxylation is 2. The van der Waals surface area contributed by atoms with Crippen molar-refractivity contribution in [1.82, 2.24) is 9.97 Å². The number of sulfonamides is 1. The van der Waals surface area contributed by atoms with Gasteiger partial charge in [0.05, 0.1) is 23.3 Å². The minimum atomic E-state index is -4.05. The fourth-order valence-electron chi connectivity index (χ4n) is 4.50. The first-order valence-corrected chi connectivity index (χ1v) is 13.4. The molecule has 0 bridgehead atoms. The molecular weight excluding hydrogens is 478 g/mol. The number of carbonyl (C=O) groups is 1. The molecule has 0 saturated carbocycles. The highest BCUT2D eigenvalue weighted by molar-refractivity contribution is 7.92. The SMILES string of the molecule is COC(=O)c1cccc(S(=O)(=O)Nc2nc(C)c(C)c(-c3c(C)cccc3CC3CCOCC3)n2)c1. The number of hydrogen-bond acceptors (Lipinski definition) is 7. The van der Waals surface area contributed by atoms with Crippen molar-refractivity contribution in [2.45, 2.75) is 44.9 Å². The number of methoxy groups -OCH3 is 1. The minimum Gasteiger partial charge on any atom is -0.465 e. The number of nitrogens with one attached hydrogen (secondary N) is 1. The summed E-state index contributed by atoms with van der Waals surface area (Å²) >= 11 is 0. The first-order chi connectivity index (χ1) is 17.2. The first kappa shape index (κ1) is 25.8. The maximum Gasteiger partial charge on any atom is 0.337 e. The van der Waals surface area contributed by atoms with Crippen LogP contribution < -0.4 is 4.72 Å². The summed E-state index contributed by atoms with van der Waals surface area (Å²) in [5.74, 6) is -0.104. The molecule has 1 saturated heterocycles. The van der Waals surface area contributed by atoms with Crippen LogP contribution in [0.3, 0.4) is 0 Å². The van der Waals surface area contributed by atoms with E-state index in [9.17, 15) is 13.2 Å². The summed E-state index contributed by atoms with van der Waals surface area (Å²) in [4.78, 5) is 20.9. The van der Waals surface area contributed by atoms with Gasteiger partial charge in [-0.2, -0.15) is 0 Å². The summed E-state index contributed by atoms with van der Waals surface area (Å²) in [6.45, 7) is 7.39. The molecule has 1 N–H and O–H groups in total. The van der Waals surface area contributed by atoms with Gasteiger partial charge in [-0.1, -0.05) is 24.3 Å². The summed E-state index contributed by atoms with van der Waals surface area (Å²) in [7, 11) is -2.80. The second kappa shape index (κ2) is 10.8.